The molecule has 0 aliphatic rings. The number of anilines is 2. The molecule has 18 heavy (non-hydrogen) atoms. The van der Waals surface area contributed by atoms with Crippen molar-refractivity contribution >= 4 is 23.3 Å². The van der Waals surface area contributed by atoms with Crippen molar-refractivity contribution in [2.75, 3.05) is 31.2 Å². The maximum atomic E-state index is 11.6. The highest BCUT2D eigenvalue weighted by Gasteiger charge is 2.13. The van der Waals surface area contributed by atoms with Crippen LogP contribution >= 0.6 is 0 Å². The number of carbonyl (C=O) groups excluding carboxylic acids is 2. The fraction of sp³-hybridized carbons (Fsp3) is 0.333. The first-order valence-corrected chi connectivity index (χ1v) is 5.60. The smallest absolute Gasteiger partial charge is 0.340 e. The zero-order chi connectivity index (χ0) is 13.5. The van der Waals surface area contributed by atoms with Gasteiger partial charge in [-0.25, -0.2) is 4.79 Å². The van der Waals surface area contributed by atoms with Gasteiger partial charge in [-0.1, -0.05) is 6.07 Å². The summed E-state index contributed by atoms with van der Waals surface area (Å²) < 4.78 is 4.88. The Morgan fingerprint density at radius 1 is 1.39 bits per heavy atom. The summed E-state index contributed by atoms with van der Waals surface area (Å²) >= 11 is 0. The number of ether oxygens (including phenoxy) is 1. The molecule has 0 saturated heterocycles. The van der Waals surface area contributed by atoms with Crippen LogP contribution in [0, 0.1) is 0 Å². The molecule has 0 radical (unpaired) electrons. The highest BCUT2D eigenvalue weighted by atomic mass is 16.5. The Bertz CT molecular complexity index is 446. The van der Waals surface area contributed by atoms with Gasteiger partial charge in [-0.3, -0.25) is 4.79 Å². The third-order valence-electron chi connectivity index (χ3n) is 2.32. The molecule has 0 aromatic heterocycles. The molecule has 6 nitrogen and oxygen atoms in total. The maximum Gasteiger partial charge on any atom is 0.340 e. The number of hydrogen-bond acceptors (Lipinski definition) is 5. The summed E-state index contributed by atoms with van der Waals surface area (Å²) in [5, 5.41) is 5.33. The van der Waals surface area contributed by atoms with E-state index in [4.69, 9.17) is 10.5 Å². The van der Waals surface area contributed by atoms with E-state index in [1.165, 1.54) is 0 Å². The number of likely N-dealkylation sites (N-methyl/N-ethyl adjacent to an activating group) is 1. The Labute approximate surface area is 105 Å². The Balaban J connectivity index is 2.84. The van der Waals surface area contributed by atoms with Gasteiger partial charge in [0.05, 0.1) is 30.1 Å². The van der Waals surface area contributed by atoms with Gasteiger partial charge in [0, 0.05) is 7.05 Å². The molecule has 1 amide bonds. The number of nitrogen functional groups attached to an aromatic ring is 1. The van der Waals surface area contributed by atoms with E-state index >= 15 is 0 Å². The molecule has 4 N–H and O–H groups in total. The number of benzene rings is 1. The van der Waals surface area contributed by atoms with Gasteiger partial charge in [0.15, 0.2) is 0 Å². The molecule has 0 unspecified atom stereocenters. The molecular formula is C12H17N3O3. The molecule has 1 rings (SSSR count). The van der Waals surface area contributed by atoms with Gasteiger partial charge in [0.2, 0.25) is 5.91 Å². The number of esters is 1. The van der Waals surface area contributed by atoms with Crippen molar-refractivity contribution in [1.29, 1.82) is 0 Å². The van der Waals surface area contributed by atoms with Crippen LogP contribution in [-0.2, 0) is 9.53 Å². The lowest BCUT2D eigenvalue weighted by atomic mass is 10.1. The molecule has 0 aliphatic carbocycles. The van der Waals surface area contributed by atoms with E-state index in [0.717, 1.165) is 0 Å². The van der Waals surface area contributed by atoms with Crippen molar-refractivity contribution < 1.29 is 14.3 Å². The minimum atomic E-state index is -0.474. The number of amides is 1. The van der Waals surface area contributed by atoms with Crippen molar-refractivity contribution in [3.8, 4) is 0 Å². The minimum absolute atomic E-state index is 0.0903. The molecule has 1 aromatic carbocycles. The lowest BCUT2D eigenvalue weighted by Crippen LogP contribution is -2.26. The molecule has 0 atom stereocenters. The van der Waals surface area contributed by atoms with Gasteiger partial charge in [0.25, 0.3) is 0 Å². The molecule has 0 aliphatic heterocycles. The standard InChI is InChI=1S/C12H17N3O3/c1-3-18-12(17)8-5-4-6-9(11(8)13)15-7-10(16)14-2/h4-6,15H,3,7,13H2,1-2H3,(H,14,16). The average Bonchev–Trinajstić information content (AvgIpc) is 2.37. The Morgan fingerprint density at radius 3 is 2.72 bits per heavy atom. The summed E-state index contributed by atoms with van der Waals surface area (Å²) in [6.45, 7) is 2.10. The van der Waals surface area contributed by atoms with Gasteiger partial charge in [0.1, 0.15) is 0 Å². The van der Waals surface area contributed by atoms with E-state index in [0.29, 0.717) is 11.3 Å². The maximum absolute atomic E-state index is 11.6. The molecule has 0 spiro atoms. The third-order valence-corrected chi connectivity index (χ3v) is 2.32. The third kappa shape index (κ3) is 3.38. The van der Waals surface area contributed by atoms with Crippen LogP contribution in [0.4, 0.5) is 11.4 Å². The topological polar surface area (TPSA) is 93.4 Å². The lowest BCUT2D eigenvalue weighted by molar-refractivity contribution is -0.118. The van der Waals surface area contributed by atoms with Crippen molar-refractivity contribution in [3.05, 3.63) is 23.8 Å². The SMILES string of the molecule is CCOC(=O)c1cccc(NCC(=O)NC)c1N. The van der Waals surface area contributed by atoms with Gasteiger partial charge < -0.3 is 21.1 Å². The van der Waals surface area contributed by atoms with Crippen molar-refractivity contribution in [2.24, 2.45) is 0 Å². The molecule has 0 bridgehead atoms. The van der Waals surface area contributed by atoms with Gasteiger partial charge >= 0.3 is 5.97 Å². The van der Waals surface area contributed by atoms with Crippen LogP contribution in [0.5, 0.6) is 0 Å². The van der Waals surface area contributed by atoms with Crippen LogP contribution in [-0.4, -0.2) is 32.1 Å². The number of hydrogen-bond donors (Lipinski definition) is 3. The van der Waals surface area contributed by atoms with Crippen LogP contribution in [0.3, 0.4) is 0 Å². The summed E-state index contributed by atoms with van der Waals surface area (Å²) in [5.74, 6) is -0.644. The Hall–Kier alpha value is -2.24. The van der Waals surface area contributed by atoms with Crippen LogP contribution in [0.15, 0.2) is 18.2 Å². The predicted octanol–water partition coefficient (Wildman–Crippen LogP) is 0.603. The van der Waals surface area contributed by atoms with Crippen LogP contribution in [0.25, 0.3) is 0 Å². The predicted molar refractivity (Wildman–Crippen MR) is 69.4 cm³/mol. The number of nitrogens with two attached hydrogens (primary N) is 1. The summed E-state index contributed by atoms with van der Waals surface area (Å²) in [6, 6.07) is 4.95. The highest BCUT2D eigenvalue weighted by Crippen LogP contribution is 2.23. The molecular weight excluding hydrogens is 234 g/mol. The van der Waals surface area contributed by atoms with E-state index in [2.05, 4.69) is 10.6 Å². The number of para-hydroxylation sites is 1. The summed E-state index contributed by atoms with van der Waals surface area (Å²) in [5.41, 5.74) is 6.95. The first-order valence-electron chi connectivity index (χ1n) is 5.60. The fourth-order valence-electron chi connectivity index (χ4n) is 1.37. The first kappa shape index (κ1) is 13.8. The Kier molecular flexibility index (Phi) is 4.98. The zero-order valence-corrected chi connectivity index (χ0v) is 10.4. The van der Waals surface area contributed by atoms with E-state index in [1.807, 2.05) is 0 Å². The summed E-state index contributed by atoms with van der Waals surface area (Å²) in [6.07, 6.45) is 0. The van der Waals surface area contributed by atoms with Crippen molar-refractivity contribution in [1.82, 2.24) is 5.32 Å². The lowest BCUT2D eigenvalue weighted by Gasteiger charge is -2.11. The highest BCUT2D eigenvalue weighted by molar-refractivity contribution is 5.98. The second-order valence-corrected chi connectivity index (χ2v) is 3.51. The fourth-order valence-corrected chi connectivity index (χ4v) is 1.37. The Morgan fingerprint density at radius 2 is 2.11 bits per heavy atom. The van der Waals surface area contributed by atoms with E-state index in [9.17, 15) is 9.59 Å². The number of rotatable bonds is 5. The van der Waals surface area contributed by atoms with E-state index < -0.39 is 5.97 Å². The normalized spacial score (nSPS) is 9.67. The molecule has 0 heterocycles. The van der Waals surface area contributed by atoms with Gasteiger partial charge in [-0.05, 0) is 19.1 Å². The zero-order valence-electron chi connectivity index (χ0n) is 10.4. The second-order valence-electron chi connectivity index (χ2n) is 3.51. The average molecular weight is 251 g/mol. The molecule has 6 heteroatoms. The van der Waals surface area contributed by atoms with Crippen LogP contribution in [0.1, 0.15) is 17.3 Å². The van der Waals surface area contributed by atoms with Crippen LogP contribution in [0.2, 0.25) is 0 Å². The second kappa shape index (κ2) is 6.48. The number of carbonyl (C=O) groups is 2. The van der Waals surface area contributed by atoms with E-state index in [1.54, 1.807) is 32.2 Å². The molecule has 98 valence electrons. The van der Waals surface area contributed by atoms with Crippen LogP contribution < -0.4 is 16.4 Å². The largest absolute Gasteiger partial charge is 0.462 e. The molecule has 0 saturated carbocycles. The first-order chi connectivity index (χ1) is 8.60. The van der Waals surface area contributed by atoms with Crippen molar-refractivity contribution in [3.63, 3.8) is 0 Å². The van der Waals surface area contributed by atoms with Gasteiger partial charge in [-0.15, -0.1) is 0 Å². The van der Waals surface area contributed by atoms with Crippen molar-refractivity contribution in [2.45, 2.75) is 6.92 Å². The molecule has 0 fully saturated rings. The van der Waals surface area contributed by atoms with Gasteiger partial charge in [-0.2, -0.15) is 0 Å². The molecule has 1 aromatic rings. The quantitative estimate of drug-likeness (QED) is 0.526. The monoisotopic (exact) mass is 251 g/mol. The minimum Gasteiger partial charge on any atom is -0.462 e. The summed E-state index contributed by atoms with van der Waals surface area (Å²) in [7, 11) is 1.54. The summed E-state index contributed by atoms with van der Waals surface area (Å²) in [4.78, 5) is 22.7. The van der Waals surface area contributed by atoms with E-state index in [-0.39, 0.29) is 24.7 Å². The number of nitrogens with one attached hydrogen (secondary N) is 2.